The lowest BCUT2D eigenvalue weighted by molar-refractivity contribution is 0.304. The van der Waals surface area contributed by atoms with Gasteiger partial charge in [-0.2, -0.15) is 0 Å². The molecular formula is C13H12BrNO2S. The molecule has 94 valence electrons. The van der Waals surface area contributed by atoms with Crippen molar-refractivity contribution in [3.63, 3.8) is 0 Å². The van der Waals surface area contributed by atoms with Crippen molar-refractivity contribution < 1.29 is 9.47 Å². The molecule has 0 saturated carbocycles. The van der Waals surface area contributed by atoms with Crippen molar-refractivity contribution >= 4 is 27.3 Å². The summed E-state index contributed by atoms with van der Waals surface area (Å²) in [6.45, 7) is 1.12. The van der Waals surface area contributed by atoms with E-state index in [1.807, 2.05) is 23.6 Å². The Morgan fingerprint density at radius 3 is 3.11 bits per heavy atom. The van der Waals surface area contributed by atoms with E-state index in [4.69, 9.17) is 15.2 Å². The van der Waals surface area contributed by atoms with E-state index in [0.717, 1.165) is 21.5 Å². The third-order valence-electron chi connectivity index (χ3n) is 2.81. The zero-order valence-corrected chi connectivity index (χ0v) is 12.0. The highest BCUT2D eigenvalue weighted by Gasteiger charge is 2.20. The fourth-order valence-corrected chi connectivity index (χ4v) is 3.25. The van der Waals surface area contributed by atoms with Gasteiger partial charge in [-0.1, -0.05) is 0 Å². The van der Waals surface area contributed by atoms with Crippen LogP contribution in [0.2, 0.25) is 0 Å². The fourth-order valence-electron chi connectivity index (χ4n) is 1.89. The van der Waals surface area contributed by atoms with Crippen molar-refractivity contribution in [2.45, 2.75) is 12.6 Å². The van der Waals surface area contributed by atoms with Gasteiger partial charge in [0.05, 0.1) is 6.04 Å². The molecule has 0 fully saturated rings. The second kappa shape index (κ2) is 4.91. The highest BCUT2D eigenvalue weighted by Crippen LogP contribution is 2.34. The average molecular weight is 326 g/mol. The highest BCUT2D eigenvalue weighted by atomic mass is 79.9. The van der Waals surface area contributed by atoms with Crippen LogP contribution in [0.1, 0.15) is 16.5 Å². The second-order valence-corrected chi connectivity index (χ2v) is 6.05. The van der Waals surface area contributed by atoms with Crippen LogP contribution in [0.5, 0.6) is 11.5 Å². The molecule has 0 saturated heterocycles. The quantitative estimate of drug-likeness (QED) is 0.939. The van der Waals surface area contributed by atoms with Gasteiger partial charge in [0.1, 0.15) is 24.7 Å². The number of fused-ring (bicyclic) bond motifs is 1. The zero-order valence-electron chi connectivity index (χ0n) is 9.56. The number of thiophene rings is 1. The molecule has 2 heterocycles. The highest BCUT2D eigenvalue weighted by molar-refractivity contribution is 9.10. The lowest BCUT2D eigenvalue weighted by atomic mass is 10.1. The molecule has 1 aromatic carbocycles. The van der Waals surface area contributed by atoms with Crippen LogP contribution in [0.4, 0.5) is 0 Å². The number of benzene rings is 1. The number of nitrogens with two attached hydrogens (primary N) is 1. The van der Waals surface area contributed by atoms with Gasteiger partial charge in [0.15, 0.2) is 0 Å². The molecule has 18 heavy (non-hydrogen) atoms. The minimum atomic E-state index is -0.0118. The van der Waals surface area contributed by atoms with E-state index in [9.17, 15) is 0 Å². The maximum absolute atomic E-state index is 5.89. The van der Waals surface area contributed by atoms with Crippen LogP contribution in [0, 0.1) is 0 Å². The molecule has 1 aromatic heterocycles. The van der Waals surface area contributed by atoms with Crippen molar-refractivity contribution in [3.8, 4) is 11.5 Å². The molecular weight excluding hydrogens is 314 g/mol. The number of rotatable bonds is 3. The van der Waals surface area contributed by atoms with E-state index in [2.05, 4.69) is 22.0 Å². The Hall–Kier alpha value is -1.04. The molecule has 1 aliphatic rings. The lowest BCUT2D eigenvalue weighted by Crippen LogP contribution is -2.10. The molecule has 5 heteroatoms. The molecule has 2 N–H and O–H groups in total. The fraction of sp³-hybridized carbons (Fsp3) is 0.231. The van der Waals surface area contributed by atoms with Gasteiger partial charge in [-0.25, -0.2) is 0 Å². The van der Waals surface area contributed by atoms with Crippen molar-refractivity contribution in [2.75, 3.05) is 6.61 Å². The molecule has 1 unspecified atom stereocenters. The SMILES string of the molecule is NC1COc2cc(OCc3cc(Br)cs3)ccc21. The van der Waals surface area contributed by atoms with E-state index < -0.39 is 0 Å². The Morgan fingerprint density at radius 2 is 2.33 bits per heavy atom. The molecule has 2 aromatic rings. The van der Waals surface area contributed by atoms with Gasteiger partial charge < -0.3 is 15.2 Å². The van der Waals surface area contributed by atoms with Crippen LogP contribution in [0.25, 0.3) is 0 Å². The third-order valence-corrected chi connectivity index (χ3v) is 4.48. The van der Waals surface area contributed by atoms with Crippen molar-refractivity contribution in [2.24, 2.45) is 5.73 Å². The first-order valence-electron chi connectivity index (χ1n) is 5.60. The number of hydrogen-bond acceptors (Lipinski definition) is 4. The van der Waals surface area contributed by atoms with Gasteiger partial charge in [-0.15, -0.1) is 11.3 Å². The topological polar surface area (TPSA) is 44.5 Å². The van der Waals surface area contributed by atoms with E-state index in [-0.39, 0.29) is 6.04 Å². The summed E-state index contributed by atoms with van der Waals surface area (Å²) < 4.78 is 12.3. The Balaban J connectivity index is 1.70. The minimum absolute atomic E-state index is 0.0118. The van der Waals surface area contributed by atoms with Crippen molar-refractivity contribution in [1.29, 1.82) is 0 Å². The molecule has 0 radical (unpaired) electrons. The van der Waals surface area contributed by atoms with E-state index >= 15 is 0 Å². The molecule has 1 aliphatic heterocycles. The summed E-state index contributed by atoms with van der Waals surface area (Å²) in [7, 11) is 0. The predicted octanol–water partition coefficient (Wildman–Crippen LogP) is 3.48. The summed E-state index contributed by atoms with van der Waals surface area (Å²) in [5.41, 5.74) is 6.95. The summed E-state index contributed by atoms with van der Waals surface area (Å²) in [6.07, 6.45) is 0. The van der Waals surface area contributed by atoms with Crippen LogP contribution in [-0.4, -0.2) is 6.61 Å². The largest absolute Gasteiger partial charge is 0.491 e. The molecule has 0 amide bonds. The molecule has 0 aliphatic carbocycles. The van der Waals surface area contributed by atoms with Crippen LogP contribution in [-0.2, 0) is 6.61 Å². The van der Waals surface area contributed by atoms with Gasteiger partial charge in [-0.3, -0.25) is 0 Å². The molecule has 0 spiro atoms. The van der Waals surface area contributed by atoms with Gasteiger partial charge in [0.2, 0.25) is 0 Å². The first-order valence-corrected chi connectivity index (χ1v) is 7.27. The first kappa shape index (κ1) is 12.0. The van der Waals surface area contributed by atoms with E-state index in [0.29, 0.717) is 13.2 Å². The summed E-state index contributed by atoms with van der Waals surface area (Å²) in [5, 5.41) is 2.05. The molecule has 0 bridgehead atoms. The van der Waals surface area contributed by atoms with Crippen LogP contribution >= 0.6 is 27.3 Å². The predicted molar refractivity (Wildman–Crippen MR) is 75.2 cm³/mol. The van der Waals surface area contributed by atoms with Gasteiger partial charge in [-0.05, 0) is 34.1 Å². The van der Waals surface area contributed by atoms with E-state index in [1.54, 1.807) is 11.3 Å². The Morgan fingerprint density at radius 1 is 1.44 bits per heavy atom. The van der Waals surface area contributed by atoms with Crippen LogP contribution < -0.4 is 15.2 Å². The minimum Gasteiger partial charge on any atom is -0.491 e. The number of halogens is 1. The van der Waals surface area contributed by atoms with Crippen LogP contribution in [0.3, 0.4) is 0 Å². The molecule has 3 rings (SSSR count). The Labute approximate surface area is 118 Å². The van der Waals surface area contributed by atoms with Gasteiger partial charge in [0.25, 0.3) is 0 Å². The second-order valence-electron chi connectivity index (χ2n) is 4.14. The van der Waals surface area contributed by atoms with E-state index in [1.165, 1.54) is 4.88 Å². The van der Waals surface area contributed by atoms with Crippen molar-refractivity contribution in [1.82, 2.24) is 0 Å². The molecule has 3 nitrogen and oxygen atoms in total. The van der Waals surface area contributed by atoms with Crippen LogP contribution in [0.15, 0.2) is 34.1 Å². The normalized spacial score (nSPS) is 17.3. The monoisotopic (exact) mass is 325 g/mol. The summed E-state index contributed by atoms with van der Waals surface area (Å²) in [4.78, 5) is 1.18. The maximum atomic E-state index is 5.89. The molecule has 1 atom stereocenters. The summed E-state index contributed by atoms with van der Waals surface area (Å²) in [6, 6.07) is 7.88. The van der Waals surface area contributed by atoms with Gasteiger partial charge in [0, 0.05) is 26.4 Å². The summed E-state index contributed by atoms with van der Waals surface area (Å²) in [5.74, 6) is 1.65. The summed E-state index contributed by atoms with van der Waals surface area (Å²) >= 11 is 5.10. The average Bonchev–Trinajstić information content (AvgIpc) is 2.94. The lowest BCUT2D eigenvalue weighted by Gasteiger charge is -2.06. The third kappa shape index (κ3) is 2.39. The van der Waals surface area contributed by atoms with Gasteiger partial charge >= 0.3 is 0 Å². The smallest absolute Gasteiger partial charge is 0.127 e. The standard InChI is InChI=1S/C13H12BrNO2S/c14-8-3-10(18-7-8)5-16-9-1-2-11-12(15)6-17-13(11)4-9/h1-4,7,12H,5-6,15H2. The Bertz CT molecular complexity index is 570. The number of ether oxygens (including phenoxy) is 2. The first-order chi connectivity index (χ1) is 8.72. The Kier molecular flexibility index (Phi) is 3.28. The maximum Gasteiger partial charge on any atom is 0.127 e. The zero-order chi connectivity index (χ0) is 12.5. The number of hydrogen-bond donors (Lipinski definition) is 1. The van der Waals surface area contributed by atoms with Crippen molar-refractivity contribution in [3.05, 3.63) is 44.6 Å².